The number of alkyl halides is 1. The van der Waals surface area contributed by atoms with E-state index in [1.54, 1.807) is 29.2 Å². The van der Waals surface area contributed by atoms with Crippen LogP contribution in [-0.2, 0) is 0 Å². The second kappa shape index (κ2) is 8.54. The first-order valence-electron chi connectivity index (χ1n) is 8.81. The van der Waals surface area contributed by atoms with Crippen molar-refractivity contribution in [2.75, 3.05) is 18.5 Å². The van der Waals surface area contributed by atoms with E-state index < -0.39 is 6.67 Å². The first kappa shape index (κ1) is 19.3. The molecule has 0 atom stereocenters. The zero-order chi connectivity index (χ0) is 20.2. The fourth-order valence-electron chi connectivity index (χ4n) is 2.68. The summed E-state index contributed by atoms with van der Waals surface area (Å²) < 4.78 is 13.8. The molecule has 29 heavy (non-hydrogen) atoms. The molecule has 0 aliphatic carbocycles. The SMILES string of the molecule is O=C(NCCCF)c1cc(-n2ncc3nc(Nc4ccccc4Cl)ncc32)cs1. The van der Waals surface area contributed by atoms with Gasteiger partial charge in [0.25, 0.3) is 5.91 Å². The van der Waals surface area contributed by atoms with Crippen molar-refractivity contribution < 1.29 is 9.18 Å². The number of nitrogens with zero attached hydrogens (tertiary/aromatic N) is 4. The Morgan fingerprint density at radius 3 is 2.97 bits per heavy atom. The van der Waals surface area contributed by atoms with Gasteiger partial charge in [-0.15, -0.1) is 11.3 Å². The Kier molecular flexibility index (Phi) is 5.68. The van der Waals surface area contributed by atoms with Crippen molar-refractivity contribution in [3.8, 4) is 5.69 Å². The highest BCUT2D eigenvalue weighted by atomic mass is 35.5. The van der Waals surface area contributed by atoms with Crippen molar-refractivity contribution in [1.29, 1.82) is 0 Å². The standard InChI is InChI=1S/C19H16ClFN6OS/c20-13-4-1-2-5-14(13)25-19-23-10-16-15(26-19)9-24-27(16)12-8-17(29-11-12)18(28)22-7-3-6-21/h1-2,4-5,8-11H,3,6-7H2,(H,22,28)(H,23,25,26). The van der Waals surface area contributed by atoms with Crippen LogP contribution in [0.5, 0.6) is 0 Å². The average molecular weight is 431 g/mol. The predicted molar refractivity (Wildman–Crippen MR) is 112 cm³/mol. The summed E-state index contributed by atoms with van der Waals surface area (Å²) in [7, 11) is 0. The first-order valence-corrected chi connectivity index (χ1v) is 10.1. The highest BCUT2D eigenvalue weighted by Gasteiger charge is 2.13. The second-order valence-corrected chi connectivity index (χ2v) is 7.41. The van der Waals surface area contributed by atoms with E-state index in [0.717, 1.165) is 5.69 Å². The van der Waals surface area contributed by atoms with Crippen LogP contribution >= 0.6 is 22.9 Å². The molecule has 7 nitrogen and oxygen atoms in total. The van der Waals surface area contributed by atoms with Crippen molar-refractivity contribution in [2.45, 2.75) is 6.42 Å². The molecule has 1 amide bonds. The molecule has 4 rings (SSSR count). The molecule has 0 bridgehead atoms. The lowest BCUT2D eigenvalue weighted by Crippen LogP contribution is -2.23. The number of halogens is 2. The van der Waals surface area contributed by atoms with Crippen molar-refractivity contribution in [3.05, 3.63) is 58.0 Å². The predicted octanol–water partition coefficient (Wildman–Crippen LogP) is 4.36. The number of fused-ring (bicyclic) bond motifs is 1. The number of carbonyl (C=O) groups is 1. The molecule has 4 aromatic rings. The lowest BCUT2D eigenvalue weighted by molar-refractivity contribution is 0.0956. The minimum absolute atomic E-state index is 0.228. The second-order valence-electron chi connectivity index (χ2n) is 6.09. The summed E-state index contributed by atoms with van der Waals surface area (Å²) in [6.07, 6.45) is 3.59. The molecule has 2 N–H and O–H groups in total. The Morgan fingerprint density at radius 2 is 2.14 bits per heavy atom. The van der Waals surface area contributed by atoms with E-state index in [4.69, 9.17) is 11.6 Å². The summed E-state index contributed by atoms with van der Waals surface area (Å²) in [5.74, 6) is 0.178. The summed E-state index contributed by atoms with van der Waals surface area (Å²) in [5, 5.41) is 12.5. The summed E-state index contributed by atoms with van der Waals surface area (Å²) in [4.78, 5) is 21.5. The summed E-state index contributed by atoms with van der Waals surface area (Å²) in [5.41, 5.74) is 2.80. The monoisotopic (exact) mass is 430 g/mol. The van der Waals surface area contributed by atoms with E-state index in [1.807, 2.05) is 23.6 Å². The topological polar surface area (TPSA) is 84.7 Å². The number of para-hydroxylation sites is 1. The highest BCUT2D eigenvalue weighted by Crippen LogP contribution is 2.25. The van der Waals surface area contributed by atoms with E-state index in [1.165, 1.54) is 11.3 Å². The van der Waals surface area contributed by atoms with Crippen molar-refractivity contribution in [1.82, 2.24) is 25.1 Å². The lowest BCUT2D eigenvalue weighted by Gasteiger charge is -2.06. The Morgan fingerprint density at radius 1 is 1.28 bits per heavy atom. The summed E-state index contributed by atoms with van der Waals surface area (Å²) in [6, 6.07) is 9.07. The van der Waals surface area contributed by atoms with Gasteiger partial charge in [-0.3, -0.25) is 9.18 Å². The number of anilines is 2. The van der Waals surface area contributed by atoms with Gasteiger partial charge in [0.2, 0.25) is 5.95 Å². The van der Waals surface area contributed by atoms with Gasteiger partial charge in [0.15, 0.2) is 0 Å². The van der Waals surface area contributed by atoms with Gasteiger partial charge in [0.05, 0.1) is 40.3 Å². The van der Waals surface area contributed by atoms with Crippen LogP contribution in [-0.4, -0.2) is 38.9 Å². The van der Waals surface area contributed by atoms with Gasteiger partial charge in [0, 0.05) is 11.9 Å². The summed E-state index contributed by atoms with van der Waals surface area (Å²) in [6.45, 7) is -0.148. The van der Waals surface area contributed by atoms with Crippen LogP contribution in [0.1, 0.15) is 16.1 Å². The molecule has 0 aliphatic heterocycles. The van der Waals surface area contributed by atoms with Gasteiger partial charge in [-0.05, 0) is 24.6 Å². The van der Waals surface area contributed by atoms with Gasteiger partial charge >= 0.3 is 0 Å². The number of aromatic nitrogens is 4. The Bertz CT molecular complexity index is 1160. The van der Waals surface area contributed by atoms with Gasteiger partial charge < -0.3 is 10.6 Å². The van der Waals surface area contributed by atoms with Gasteiger partial charge in [0.1, 0.15) is 11.0 Å². The quantitative estimate of drug-likeness (QED) is 0.425. The number of hydrogen-bond acceptors (Lipinski definition) is 6. The molecule has 0 unspecified atom stereocenters. The molecular formula is C19H16ClFN6OS. The number of nitrogens with one attached hydrogen (secondary N) is 2. The molecule has 3 heterocycles. The van der Waals surface area contributed by atoms with Crippen LogP contribution in [0.3, 0.4) is 0 Å². The number of benzene rings is 1. The molecule has 10 heteroatoms. The zero-order valence-corrected chi connectivity index (χ0v) is 16.7. The van der Waals surface area contributed by atoms with Crippen LogP contribution in [0.4, 0.5) is 16.0 Å². The molecule has 3 aromatic heterocycles. The molecule has 1 aromatic carbocycles. The van der Waals surface area contributed by atoms with Crippen LogP contribution in [0, 0.1) is 0 Å². The number of amides is 1. The maximum atomic E-state index is 12.2. The Hall–Kier alpha value is -3.04. The third-order valence-corrected chi connectivity index (χ3v) is 5.34. The minimum Gasteiger partial charge on any atom is -0.351 e. The molecule has 0 aliphatic rings. The Balaban J connectivity index is 1.55. The molecule has 0 radical (unpaired) electrons. The fourth-order valence-corrected chi connectivity index (χ4v) is 3.65. The molecule has 148 valence electrons. The Labute approximate surface area is 174 Å². The number of hydrogen-bond donors (Lipinski definition) is 2. The van der Waals surface area contributed by atoms with Gasteiger partial charge in [-0.1, -0.05) is 23.7 Å². The molecular weight excluding hydrogens is 415 g/mol. The van der Waals surface area contributed by atoms with Crippen LogP contribution in [0.2, 0.25) is 5.02 Å². The van der Waals surface area contributed by atoms with Crippen LogP contribution in [0.15, 0.2) is 48.1 Å². The molecule has 0 fully saturated rings. The smallest absolute Gasteiger partial charge is 0.261 e. The number of carbonyl (C=O) groups excluding carboxylic acids is 1. The highest BCUT2D eigenvalue weighted by molar-refractivity contribution is 7.12. The maximum absolute atomic E-state index is 12.2. The van der Waals surface area contributed by atoms with Crippen molar-refractivity contribution in [2.24, 2.45) is 0 Å². The zero-order valence-electron chi connectivity index (χ0n) is 15.1. The van der Waals surface area contributed by atoms with Gasteiger partial charge in [-0.2, -0.15) is 5.10 Å². The third kappa shape index (κ3) is 4.20. The van der Waals surface area contributed by atoms with Crippen LogP contribution in [0.25, 0.3) is 16.7 Å². The fraction of sp³-hybridized carbons (Fsp3) is 0.158. The van der Waals surface area contributed by atoms with Crippen LogP contribution < -0.4 is 10.6 Å². The van der Waals surface area contributed by atoms with Crippen molar-refractivity contribution >= 4 is 51.5 Å². The molecule has 0 saturated heterocycles. The number of rotatable bonds is 7. The summed E-state index contributed by atoms with van der Waals surface area (Å²) >= 11 is 7.45. The van der Waals surface area contributed by atoms with E-state index in [-0.39, 0.29) is 5.91 Å². The molecule has 0 spiro atoms. The minimum atomic E-state index is -0.456. The average Bonchev–Trinajstić information content (AvgIpc) is 3.36. The lowest BCUT2D eigenvalue weighted by atomic mass is 10.3. The van der Waals surface area contributed by atoms with Crippen molar-refractivity contribution in [3.63, 3.8) is 0 Å². The maximum Gasteiger partial charge on any atom is 0.261 e. The normalized spacial score (nSPS) is 11.0. The third-order valence-electron chi connectivity index (χ3n) is 4.09. The van der Waals surface area contributed by atoms with E-state index in [9.17, 15) is 9.18 Å². The van der Waals surface area contributed by atoms with E-state index >= 15 is 0 Å². The number of thiophene rings is 1. The van der Waals surface area contributed by atoms with Gasteiger partial charge in [-0.25, -0.2) is 14.6 Å². The van der Waals surface area contributed by atoms with E-state index in [0.29, 0.717) is 45.5 Å². The largest absolute Gasteiger partial charge is 0.351 e. The first-order chi connectivity index (χ1) is 14.2. The molecule has 0 saturated carbocycles. The van der Waals surface area contributed by atoms with E-state index in [2.05, 4.69) is 25.7 Å².